The molecule has 2 aromatic heterocycles. The average molecular weight is 421 g/mol. The lowest BCUT2D eigenvalue weighted by Gasteiger charge is -2.28. The Morgan fingerprint density at radius 3 is 2.65 bits per heavy atom. The summed E-state index contributed by atoms with van der Waals surface area (Å²) in [6.45, 7) is 2.04. The predicted molar refractivity (Wildman–Crippen MR) is 124 cm³/mol. The van der Waals surface area contributed by atoms with Gasteiger partial charge in [0.05, 0.1) is 11.4 Å². The second-order valence-electron chi connectivity index (χ2n) is 8.78. The molecule has 1 aliphatic carbocycles. The van der Waals surface area contributed by atoms with E-state index in [-0.39, 0.29) is 11.9 Å². The number of hydrogen-bond donors (Lipinski definition) is 2. The number of carbonyl (C=O) groups is 1. The quantitative estimate of drug-likeness (QED) is 0.587. The number of aromatic nitrogens is 2. The van der Waals surface area contributed by atoms with E-state index >= 15 is 0 Å². The Morgan fingerprint density at radius 2 is 1.94 bits per heavy atom. The summed E-state index contributed by atoms with van der Waals surface area (Å²) in [4.78, 5) is 22.4. The molecule has 2 N–H and O–H groups in total. The van der Waals surface area contributed by atoms with Crippen LogP contribution in [0.15, 0.2) is 42.7 Å². The zero-order valence-corrected chi connectivity index (χ0v) is 18.6. The second kappa shape index (κ2) is 9.52. The number of amides is 1. The first-order valence-electron chi connectivity index (χ1n) is 11.2. The van der Waals surface area contributed by atoms with Gasteiger partial charge in [-0.05, 0) is 69.6 Å². The van der Waals surface area contributed by atoms with Gasteiger partial charge in [-0.15, -0.1) is 0 Å². The van der Waals surface area contributed by atoms with Gasteiger partial charge >= 0.3 is 0 Å². The van der Waals surface area contributed by atoms with Crippen LogP contribution in [0.5, 0.6) is 11.5 Å². The number of hydrogen-bond acceptors (Lipinski definition) is 4. The highest BCUT2D eigenvalue weighted by molar-refractivity contribution is 5.86. The van der Waals surface area contributed by atoms with E-state index in [4.69, 9.17) is 4.74 Å². The van der Waals surface area contributed by atoms with Crippen molar-refractivity contribution in [1.29, 1.82) is 0 Å². The van der Waals surface area contributed by atoms with Crippen LogP contribution in [0.2, 0.25) is 0 Å². The van der Waals surface area contributed by atoms with Gasteiger partial charge in [0.15, 0.2) is 0 Å². The van der Waals surface area contributed by atoms with Crippen LogP contribution in [0.25, 0.3) is 11.0 Å². The molecule has 0 bridgehead atoms. The van der Waals surface area contributed by atoms with Gasteiger partial charge in [-0.1, -0.05) is 31.4 Å². The fourth-order valence-electron chi connectivity index (χ4n) is 4.37. The molecule has 6 heteroatoms. The van der Waals surface area contributed by atoms with Crippen LogP contribution in [0.1, 0.15) is 43.2 Å². The van der Waals surface area contributed by atoms with Crippen LogP contribution < -0.4 is 10.1 Å². The summed E-state index contributed by atoms with van der Waals surface area (Å²) < 4.78 is 6.14. The summed E-state index contributed by atoms with van der Waals surface area (Å²) in [5, 5.41) is 4.27. The van der Waals surface area contributed by atoms with Crippen molar-refractivity contribution in [2.45, 2.75) is 57.5 Å². The summed E-state index contributed by atoms with van der Waals surface area (Å²) in [5.74, 6) is 1.68. The van der Waals surface area contributed by atoms with Crippen molar-refractivity contribution < 1.29 is 9.53 Å². The molecule has 0 spiro atoms. The predicted octanol–water partition coefficient (Wildman–Crippen LogP) is 4.59. The van der Waals surface area contributed by atoms with Crippen LogP contribution in [0, 0.1) is 6.92 Å². The average Bonchev–Trinajstić information content (AvgIpc) is 3.15. The van der Waals surface area contributed by atoms with Crippen molar-refractivity contribution in [3.63, 3.8) is 0 Å². The minimum atomic E-state index is -0.184. The number of likely N-dealkylation sites (N-methyl/N-ethyl adjacent to an activating group) is 1. The molecule has 1 aromatic carbocycles. The zero-order valence-electron chi connectivity index (χ0n) is 18.6. The molecule has 0 aliphatic heterocycles. The highest BCUT2D eigenvalue weighted by Crippen LogP contribution is 2.31. The molecular weight excluding hydrogens is 388 g/mol. The van der Waals surface area contributed by atoms with Crippen LogP contribution in [-0.2, 0) is 11.2 Å². The molecule has 1 unspecified atom stereocenters. The van der Waals surface area contributed by atoms with Gasteiger partial charge in [0, 0.05) is 18.4 Å². The lowest BCUT2D eigenvalue weighted by Crippen LogP contribution is -2.48. The largest absolute Gasteiger partial charge is 0.457 e. The van der Waals surface area contributed by atoms with E-state index in [0.29, 0.717) is 12.5 Å². The summed E-state index contributed by atoms with van der Waals surface area (Å²) >= 11 is 0. The Labute approximate surface area is 184 Å². The van der Waals surface area contributed by atoms with Gasteiger partial charge in [0.1, 0.15) is 17.1 Å². The first kappa shape index (κ1) is 21.4. The molecule has 1 atom stereocenters. The molecule has 1 amide bonds. The van der Waals surface area contributed by atoms with Crippen LogP contribution in [0.3, 0.4) is 0 Å². The molecule has 0 radical (unpaired) electrons. The Morgan fingerprint density at radius 1 is 1.19 bits per heavy atom. The van der Waals surface area contributed by atoms with Gasteiger partial charge in [0.2, 0.25) is 5.91 Å². The fourth-order valence-corrected chi connectivity index (χ4v) is 4.37. The lowest BCUT2D eigenvalue weighted by molar-refractivity contribution is -0.126. The number of carbonyl (C=O) groups excluding carboxylic acids is 1. The summed E-state index contributed by atoms with van der Waals surface area (Å²) in [5.41, 5.74) is 3.04. The number of nitrogens with one attached hydrogen (secondary N) is 2. The minimum Gasteiger partial charge on any atom is -0.457 e. The van der Waals surface area contributed by atoms with E-state index in [0.717, 1.165) is 46.5 Å². The normalized spacial score (nSPS) is 15.9. The number of rotatable bonds is 7. The molecule has 31 heavy (non-hydrogen) atoms. The molecule has 6 nitrogen and oxygen atoms in total. The summed E-state index contributed by atoms with van der Waals surface area (Å²) in [6.07, 6.45) is 10.3. The van der Waals surface area contributed by atoms with Crippen LogP contribution >= 0.6 is 0 Å². The summed E-state index contributed by atoms with van der Waals surface area (Å²) in [7, 11) is 3.94. The highest BCUT2D eigenvalue weighted by Gasteiger charge is 2.24. The molecule has 3 aromatic rings. The number of aryl methyl sites for hydroxylation is 1. The van der Waals surface area contributed by atoms with E-state index in [1.165, 1.54) is 19.3 Å². The zero-order chi connectivity index (χ0) is 21.8. The van der Waals surface area contributed by atoms with Gasteiger partial charge in [-0.2, -0.15) is 0 Å². The summed E-state index contributed by atoms with van der Waals surface area (Å²) in [6, 6.07) is 10.0. The number of benzene rings is 1. The Balaban J connectivity index is 1.42. The topological polar surface area (TPSA) is 70.2 Å². The van der Waals surface area contributed by atoms with Gasteiger partial charge in [-0.25, -0.2) is 4.98 Å². The first-order valence-corrected chi connectivity index (χ1v) is 11.2. The first-order chi connectivity index (χ1) is 15.0. The SMILES string of the molecule is Cc1c[nH]c2nccc(Oc3ccc(CC(C(=O)NC4CCCCC4)N(C)C)cc3)c12. The van der Waals surface area contributed by atoms with E-state index in [1.807, 2.05) is 62.4 Å². The third-order valence-electron chi connectivity index (χ3n) is 6.19. The second-order valence-corrected chi connectivity index (χ2v) is 8.78. The maximum Gasteiger partial charge on any atom is 0.237 e. The van der Waals surface area contributed by atoms with Crippen molar-refractivity contribution in [3.8, 4) is 11.5 Å². The Bertz CT molecular complexity index is 1020. The van der Waals surface area contributed by atoms with Crippen molar-refractivity contribution in [1.82, 2.24) is 20.2 Å². The number of H-pyrrole nitrogens is 1. The third-order valence-corrected chi connectivity index (χ3v) is 6.19. The molecular formula is C25H32N4O2. The van der Waals surface area contributed by atoms with Crippen molar-refractivity contribution in [3.05, 3.63) is 53.9 Å². The number of pyridine rings is 1. The molecule has 2 heterocycles. The molecule has 4 rings (SSSR count). The maximum atomic E-state index is 12.9. The maximum absolute atomic E-state index is 12.9. The number of aromatic amines is 1. The molecule has 164 valence electrons. The lowest BCUT2D eigenvalue weighted by atomic mass is 9.95. The van der Waals surface area contributed by atoms with Gasteiger partial charge in [-0.3, -0.25) is 9.69 Å². The number of ether oxygens (including phenoxy) is 1. The highest BCUT2D eigenvalue weighted by atomic mass is 16.5. The molecule has 1 aliphatic rings. The third kappa shape index (κ3) is 5.07. The fraction of sp³-hybridized carbons (Fsp3) is 0.440. The van der Waals surface area contributed by atoms with Crippen molar-refractivity contribution in [2.75, 3.05) is 14.1 Å². The van der Waals surface area contributed by atoms with E-state index in [1.54, 1.807) is 6.20 Å². The van der Waals surface area contributed by atoms with E-state index in [2.05, 4.69) is 15.3 Å². The number of nitrogens with zero attached hydrogens (tertiary/aromatic N) is 2. The molecule has 1 fully saturated rings. The van der Waals surface area contributed by atoms with Crippen LogP contribution in [0.4, 0.5) is 0 Å². The van der Waals surface area contributed by atoms with E-state index < -0.39 is 0 Å². The van der Waals surface area contributed by atoms with Crippen molar-refractivity contribution >= 4 is 16.9 Å². The smallest absolute Gasteiger partial charge is 0.237 e. The van der Waals surface area contributed by atoms with E-state index in [9.17, 15) is 4.79 Å². The standard InChI is InChI=1S/C25H32N4O2/c1-17-16-27-24-23(17)22(13-14-26-24)31-20-11-9-18(10-12-20)15-21(29(2)3)25(30)28-19-7-5-4-6-8-19/h9-14,16,19,21H,4-8,15H2,1-3H3,(H,26,27)(H,28,30). The van der Waals surface area contributed by atoms with Gasteiger partial charge < -0.3 is 15.0 Å². The van der Waals surface area contributed by atoms with Crippen LogP contribution in [-0.4, -0.2) is 47.0 Å². The molecule has 0 saturated heterocycles. The molecule has 1 saturated carbocycles. The van der Waals surface area contributed by atoms with Crippen molar-refractivity contribution in [2.24, 2.45) is 0 Å². The Kier molecular flexibility index (Phi) is 6.56. The number of fused-ring (bicyclic) bond motifs is 1. The van der Waals surface area contributed by atoms with Gasteiger partial charge in [0.25, 0.3) is 0 Å². The minimum absolute atomic E-state index is 0.124. The monoisotopic (exact) mass is 420 g/mol. The Hall–Kier alpha value is -2.86.